The largest absolute Gasteiger partial charge is 0.325 e. The lowest BCUT2D eigenvalue weighted by Gasteiger charge is -2.07. The van der Waals surface area contributed by atoms with Crippen LogP contribution in [0.3, 0.4) is 0 Å². The lowest BCUT2D eigenvalue weighted by Crippen LogP contribution is -2.28. The molecule has 0 atom stereocenters. The molecule has 1 rings (SSSR count). The van der Waals surface area contributed by atoms with Crippen molar-refractivity contribution in [1.82, 2.24) is 5.32 Å². The Labute approximate surface area is 104 Å². The van der Waals surface area contributed by atoms with E-state index in [2.05, 4.69) is 24.5 Å². The van der Waals surface area contributed by atoms with Crippen molar-refractivity contribution in [1.29, 1.82) is 0 Å². The monoisotopic (exact) mass is 234 g/mol. The van der Waals surface area contributed by atoms with Gasteiger partial charge in [-0.15, -0.1) is 0 Å². The molecule has 0 saturated heterocycles. The molecular formula is C14H22N2O. The highest BCUT2D eigenvalue weighted by Gasteiger charge is 2.01. The summed E-state index contributed by atoms with van der Waals surface area (Å²) in [4.78, 5) is 11.6. The molecule has 0 aromatic heterocycles. The third-order valence-electron chi connectivity index (χ3n) is 2.64. The number of amides is 1. The van der Waals surface area contributed by atoms with Crippen molar-refractivity contribution in [3.8, 4) is 0 Å². The lowest BCUT2D eigenvalue weighted by molar-refractivity contribution is -0.115. The molecule has 3 heteroatoms. The fraction of sp³-hybridized carbons (Fsp3) is 0.500. The van der Waals surface area contributed by atoms with Crippen LogP contribution in [0.4, 0.5) is 5.69 Å². The molecular weight excluding hydrogens is 212 g/mol. The van der Waals surface area contributed by atoms with E-state index in [9.17, 15) is 4.79 Å². The number of unbranched alkanes of at least 4 members (excludes halogenated alkanes) is 1. The highest BCUT2D eigenvalue weighted by Crippen LogP contribution is 2.09. The van der Waals surface area contributed by atoms with Crippen LogP contribution in [0.1, 0.15) is 32.3 Å². The second-order valence-electron chi connectivity index (χ2n) is 4.13. The Morgan fingerprint density at radius 2 is 1.88 bits per heavy atom. The first-order valence-electron chi connectivity index (χ1n) is 6.35. The predicted molar refractivity (Wildman–Crippen MR) is 72.2 cm³/mol. The molecule has 0 spiro atoms. The second-order valence-corrected chi connectivity index (χ2v) is 4.13. The van der Waals surface area contributed by atoms with Crippen LogP contribution in [0.25, 0.3) is 0 Å². The quantitative estimate of drug-likeness (QED) is 0.712. The normalized spacial score (nSPS) is 10.2. The second kappa shape index (κ2) is 7.85. The maximum Gasteiger partial charge on any atom is 0.238 e. The van der Waals surface area contributed by atoms with Gasteiger partial charge >= 0.3 is 0 Å². The van der Waals surface area contributed by atoms with Crippen molar-refractivity contribution in [3.63, 3.8) is 0 Å². The van der Waals surface area contributed by atoms with Crippen LogP contribution in [0.5, 0.6) is 0 Å². The van der Waals surface area contributed by atoms with Crippen molar-refractivity contribution in [2.24, 2.45) is 0 Å². The van der Waals surface area contributed by atoms with Gasteiger partial charge in [-0.25, -0.2) is 0 Å². The summed E-state index contributed by atoms with van der Waals surface area (Å²) in [5, 5.41) is 5.99. The fourth-order valence-corrected chi connectivity index (χ4v) is 1.53. The SMILES string of the molecule is CCCCNCC(=O)Nc1ccc(CC)cc1. The zero-order chi connectivity index (χ0) is 12.5. The van der Waals surface area contributed by atoms with Crippen molar-refractivity contribution in [3.05, 3.63) is 29.8 Å². The van der Waals surface area contributed by atoms with Gasteiger partial charge in [0.25, 0.3) is 0 Å². The highest BCUT2D eigenvalue weighted by molar-refractivity contribution is 5.92. The van der Waals surface area contributed by atoms with Crippen LogP contribution < -0.4 is 10.6 Å². The average Bonchev–Trinajstić information content (AvgIpc) is 2.36. The maximum absolute atomic E-state index is 11.6. The molecule has 0 saturated carbocycles. The molecule has 0 aliphatic heterocycles. The minimum absolute atomic E-state index is 0.0188. The molecule has 1 aromatic carbocycles. The smallest absolute Gasteiger partial charge is 0.238 e. The summed E-state index contributed by atoms with van der Waals surface area (Å²) in [6, 6.07) is 7.98. The number of anilines is 1. The van der Waals surface area contributed by atoms with E-state index in [1.807, 2.05) is 24.3 Å². The molecule has 0 aliphatic carbocycles. The van der Waals surface area contributed by atoms with Gasteiger partial charge in [0.2, 0.25) is 5.91 Å². The maximum atomic E-state index is 11.6. The van der Waals surface area contributed by atoms with E-state index in [1.54, 1.807) is 0 Å². The molecule has 17 heavy (non-hydrogen) atoms. The summed E-state index contributed by atoms with van der Waals surface area (Å²) < 4.78 is 0. The number of benzene rings is 1. The minimum Gasteiger partial charge on any atom is -0.325 e. The zero-order valence-electron chi connectivity index (χ0n) is 10.8. The van der Waals surface area contributed by atoms with Crippen LogP contribution in [0, 0.1) is 0 Å². The van der Waals surface area contributed by atoms with Gasteiger partial charge in [0.05, 0.1) is 6.54 Å². The summed E-state index contributed by atoms with van der Waals surface area (Å²) >= 11 is 0. The predicted octanol–water partition coefficient (Wildman–Crippen LogP) is 2.58. The van der Waals surface area contributed by atoms with E-state index in [1.165, 1.54) is 5.56 Å². The first kappa shape index (κ1) is 13.7. The van der Waals surface area contributed by atoms with Crippen LogP contribution in [0.2, 0.25) is 0 Å². The molecule has 0 radical (unpaired) electrons. The molecule has 1 aromatic rings. The Kier molecular flexibility index (Phi) is 6.33. The molecule has 2 N–H and O–H groups in total. The Morgan fingerprint density at radius 1 is 1.18 bits per heavy atom. The van der Waals surface area contributed by atoms with Crippen molar-refractivity contribution < 1.29 is 4.79 Å². The van der Waals surface area contributed by atoms with Crippen molar-refractivity contribution >= 4 is 11.6 Å². The molecule has 0 aliphatic rings. The number of hydrogen-bond donors (Lipinski definition) is 2. The Bertz CT molecular complexity index is 333. The molecule has 0 fully saturated rings. The summed E-state index contributed by atoms with van der Waals surface area (Å²) in [6.07, 6.45) is 3.28. The van der Waals surface area contributed by atoms with Gasteiger partial charge < -0.3 is 10.6 Å². The molecule has 1 amide bonds. The van der Waals surface area contributed by atoms with E-state index in [0.717, 1.165) is 31.5 Å². The number of carbonyl (C=O) groups excluding carboxylic acids is 1. The molecule has 0 heterocycles. The highest BCUT2D eigenvalue weighted by atomic mass is 16.1. The Morgan fingerprint density at radius 3 is 2.47 bits per heavy atom. The number of carbonyl (C=O) groups is 1. The van der Waals surface area contributed by atoms with Crippen LogP contribution in [-0.2, 0) is 11.2 Å². The van der Waals surface area contributed by atoms with Crippen LogP contribution >= 0.6 is 0 Å². The number of rotatable bonds is 7. The van der Waals surface area contributed by atoms with E-state index < -0.39 is 0 Å². The number of hydrogen-bond acceptors (Lipinski definition) is 2. The molecule has 3 nitrogen and oxygen atoms in total. The van der Waals surface area contributed by atoms with Gasteiger partial charge in [-0.1, -0.05) is 32.4 Å². The summed E-state index contributed by atoms with van der Waals surface area (Å²) in [6.45, 7) is 5.54. The molecule has 0 unspecified atom stereocenters. The summed E-state index contributed by atoms with van der Waals surface area (Å²) in [5.74, 6) is 0.0188. The summed E-state index contributed by atoms with van der Waals surface area (Å²) in [5.41, 5.74) is 2.15. The topological polar surface area (TPSA) is 41.1 Å². The summed E-state index contributed by atoms with van der Waals surface area (Å²) in [7, 11) is 0. The van der Waals surface area contributed by atoms with Gasteiger partial charge in [-0.3, -0.25) is 4.79 Å². The molecule has 94 valence electrons. The third kappa shape index (κ3) is 5.50. The Balaban J connectivity index is 2.29. The van der Waals surface area contributed by atoms with Gasteiger partial charge in [0, 0.05) is 5.69 Å². The number of aryl methyl sites for hydroxylation is 1. The fourth-order valence-electron chi connectivity index (χ4n) is 1.53. The zero-order valence-corrected chi connectivity index (χ0v) is 10.8. The van der Waals surface area contributed by atoms with Crippen LogP contribution in [-0.4, -0.2) is 19.0 Å². The minimum atomic E-state index is 0.0188. The first-order chi connectivity index (χ1) is 8.26. The van der Waals surface area contributed by atoms with Gasteiger partial charge in [0.1, 0.15) is 0 Å². The van der Waals surface area contributed by atoms with Crippen LogP contribution in [0.15, 0.2) is 24.3 Å². The van der Waals surface area contributed by atoms with Crippen molar-refractivity contribution in [2.45, 2.75) is 33.1 Å². The Hall–Kier alpha value is -1.35. The first-order valence-corrected chi connectivity index (χ1v) is 6.35. The third-order valence-corrected chi connectivity index (χ3v) is 2.64. The van der Waals surface area contributed by atoms with Gasteiger partial charge in [-0.2, -0.15) is 0 Å². The van der Waals surface area contributed by atoms with E-state index in [4.69, 9.17) is 0 Å². The average molecular weight is 234 g/mol. The van der Waals surface area contributed by atoms with Crippen molar-refractivity contribution in [2.75, 3.05) is 18.4 Å². The van der Waals surface area contributed by atoms with E-state index in [-0.39, 0.29) is 5.91 Å². The van der Waals surface area contributed by atoms with E-state index >= 15 is 0 Å². The molecule has 0 bridgehead atoms. The standard InChI is InChI=1S/C14H22N2O/c1-3-5-10-15-11-14(17)16-13-8-6-12(4-2)7-9-13/h6-9,15H,3-5,10-11H2,1-2H3,(H,16,17). The van der Waals surface area contributed by atoms with Gasteiger partial charge in [0.15, 0.2) is 0 Å². The lowest BCUT2D eigenvalue weighted by atomic mass is 10.1. The van der Waals surface area contributed by atoms with Gasteiger partial charge in [-0.05, 0) is 37.1 Å². The van der Waals surface area contributed by atoms with E-state index in [0.29, 0.717) is 6.54 Å². The number of nitrogens with one attached hydrogen (secondary N) is 2.